The van der Waals surface area contributed by atoms with Crippen LogP contribution in [-0.2, 0) is 34.3 Å². The van der Waals surface area contributed by atoms with Gasteiger partial charge in [0, 0.05) is 18.0 Å². The zero-order chi connectivity index (χ0) is 25.4. The summed E-state index contributed by atoms with van der Waals surface area (Å²) in [6.45, 7) is 6.23. The van der Waals surface area contributed by atoms with Gasteiger partial charge in [0.1, 0.15) is 12.0 Å². The highest BCUT2D eigenvalue weighted by atomic mass is 31.2. The first-order chi connectivity index (χ1) is 16.2. The fraction of sp³-hybridized carbons (Fsp3) is 0.524. The predicted molar refractivity (Wildman–Crippen MR) is 132 cm³/mol. The first-order valence-electron chi connectivity index (χ1n) is 11.1. The highest BCUT2D eigenvalue weighted by molar-refractivity contribution is 7.72. The predicted octanol–water partition coefficient (Wildman–Crippen LogP) is 4.38. The van der Waals surface area contributed by atoms with Gasteiger partial charge in [-0.2, -0.15) is 5.10 Å². The molecule has 0 aliphatic carbocycles. The smallest absolute Gasteiger partial charge is 0.340 e. The zero-order valence-electron chi connectivity index (χ0n) is 20.2. The van der Waals surface area contributed by atoms with Crippen molar-refractivity contribution in [2.45, 2.75) is 33.1 Å². The standard InChI is InChI=1S/C21H34N4O7P2/c1-6-29-33(27,30-7-2)20(34(28,31-8-3)32-9-4)15-25(16-23-22)21(26)19-14-17-12-10-11-13-18(17)24(19)5/h10-14,16,20H,6-9,15,22H2,1-5H3. The topological polar surface area (TPSA) is 135 Å². The van der Waals surface area contributed by atoms with E-state index in [-0.39, 0.29) is 26.4 Å². The van der Waals surface area contributed by atoms with Crippen molar-refractivity contribution < 1.29 is 32.0 Å². The molecular weight excluding hydrogens is 482 g/mol. The van der Waals surface area contributed by atoms with E-state index in [4.69, 9.17) is 23.9 Å². The van der Waals surface area contributed by atoms with Crippen molar-refractivity contribution in [3.05, 3.63) is 36.0 Å². The van der Waals surface area contributed by atoms with Crippen molar-refractivity contribution in [3.8, 4) is 0 Å². The number of aromatic nitrogens is 1. The van der Waals surface area contributed by atoms with Gasteiger partial charge in [0.2, 0.25) is 0 Å². The number of nitrogens with two attached hydrogens (primary N) is 1. The Hall–Kier alpha value is -2.00. The Morgan fingerprint density at radius 3 is 1.97 bits per heavy atom. The minimum absolute atomic E-state index is 0.0220. The van der Waals surface area contributed by atoms with Crippen LogP contribution in [0.5, 0.6) is 0 Å². The number of carbonyl (C=O) groups is 1. The molecule has 0 radical (unpaired) electrons. The van der Waals surface area contributed by atoms with Gasteiger partial charge in [-0.05, 0) is 39.8 Å². The van der Waals surface area contributed by atoms with E-state index in [1.54, 1.807) is 45.4 Å². The van der Waals surface area contributed by atoms with E-state index in [1.165, 1.54) is 0 Å². The third-order valence-electron chi connectivity index (χ3n) is 4.96. The first-order valence-corrected chi connectivity index (χ1v) is 14.3. The molecule has 2 rings (SSSR count). The Morgan fingerprint density at radius 1 is 1.03 bits per heavy atom. The number of aryl methyl sites for hydroxylation is 1. The Morgan fingerprint density at radius 2 is 1.53 bits per heavy atom. The van der Waals surface area contributed by atoms with E-state index in [0.717, 1.165) is 22.1 Å². The molecule has 1 aromatic carbocycles. The summed E-state index contributed by atoms with van der Waals surface area (Å²) >= 11 is 0. The summed E-state index contributed by atoms with van der Waals surface area (Å²) < 4.78 is 51.3. The van der Waals surface area contributed by atoms with Gasteiger partial charge in [-0.15, -0.1) is 0 Å². The number of hydrazone groups is 1. The van der Waals surface area contributed by atoms with Crippen LogP contribution in [0.1, 0.15) is 38.2 Å². The number of nitrogens with zero attached hydrogens (tertiary/aromatic N) is 3. The summed E-state index contributed by atoms with van der Waals surface area (Å²) in [4.78, 5) is 14.7. The third kappa shape index (κ3) is 6.16. The van der Waals surface area contributed by atoms with E-state index < -0.39 is 33.0 Å². The molecule has 2 aromatic rings. The summed E-state index contributed by atoms with van der Waals surface area (Å²) in [5, 5.41) is 2.92. The second-order valence-electron chi connectivity index (χ2n) is 7.10. The van der Waals surface area contributed by atoms with Crippen LogP contribution in [0.25, 0.3) is 10.9 Å². The number of hydrogen-bond donors (Lipinski definition) is 1. The number of rotatable bonds is 14. The molecule has 0 bridgehead atoms. The molecule has 0 fully saturated rings. The lowest BCUT2D eigenvalue weighted by Crippen LogP contribution is -2.38. The van der Waals surface area contributed by atoms with Crippen molar-refractivity contribution in [2.24, 2.45) is 18.0 Å². The fourth-order valence-electron chi connectivity index (χ4n) is 3.59. The van der Waals surface area contributed by atoms with Crippen LogP contribution in [0.2, 0.25) is 0 Å². The molecule has 0 saturated heterocycles. The van der Waals surface area contributed by atoms with Gasteiger partial charge in [0.25, 0.3) is 5.91 Å². The number of fused-ring (bicyclic) bond motifs is 1. The van der Waals surface area contributed by atoms with Gasteiger partial charge in [0.15, 0.2) is 5.40 Å². The SMILES string of the molecule is CCOP(=O)(OCC)C(CN(C=NN)C(=O)c1cc2ccccc2n1C)P(=O)(OCC)OCC. The minimum atomic E-state index is -4.08. The van der Waals surface area contributed by atoms with Crippen molar-refractivity contribution in [1.82, 2.24) is 9.47 Å². The summed E-state index contributed by atoms with van der Waals surface area (Å²) in [5.41, 5.74) is 1.17. The van der Waals surface area contributed by atoms with E-state index >= 15 is 0 Å². The summed E-state index contributed by atoms with van der Waals surface area (Å²) in [6, 6.07) is 9.22. The highest BCUT2D eigenvalue weighted by Crippen LogP contribution is 2.70. The molecule has 11 nitrogen and oxygen atoms in total. The summed E-state index contributed by atoms with van der Waals surface area (Å²) in [5.74, 6) is 4.89. The molecule has 0 unspecified atom stereocenters. The quantitative estimate of drug-likeness (QED) is 0.129. The lowest BCUT2D eigenvalue weighted by molar-refractivity contribution is 0.0842. The van der Waals surface area contributed by atoms with Crippen molar-refractivity contribution >= 4 is 38.3 Å². The van der Waals surface area contributed by atoms with Crippen LogP contribution in [0.4, 0.5) is 0 Å². The van der Waals surface area contributed by atoms with Crippen molar-refractivity contribution in [1.29, 1.82) is 0 Å². The fourth-order valence-corrected chi connectivity index (χ4v) is 8.81. The van der Waals surface area contributed by atoms with Crippen molar-refractivity contribution in [3.63, 3.8) is 0 Å². The second-order valence-corrected chi connectivity index (χ2v) is 11.9. The van der Waals surface area contributed by atoms with Gasteiger partial charge in [-0.3, -0.25) is 18.8 Å². The molecule has 0 spiro atoms. The maximum absolute atomic E-state index is 13.8. The normalized spacial score (nSPS) is 12.8. The lowest BCUT2D eigenvalue weighted by Gasteiger charge is -2.33. The van der Waals surface area contributed by atoms with Crippen LogP contribution in [0.15, 0.2) is 35.4 Å². The maximum atomic E-state index is 13.8. The Bertz CT molecular complexity index is 1040. The molecule has 34 heavy (non-hydrogen) atoms. The molecule has 13 heteroatoms. The Labute approximate surface area is 200 Å². The van der Waals surface area contributed by atoms with Gasteiger partial charge < -0.3 is 28.5 Å². The van der Waals surface area contributed by atoms with Gasteiger partial charge in [-0.1, -0.05) is 18.2 Å². The molecule has 190 valence electrons. The summed E-state index contributed by atoms with van der Waals surface area (Å²) in [7, 11) is -6.40. The number of amides is 1. The number of para-hydroxylation sites is 1. The average Bonchev–Trinajstić information content (AvgIpc) is 3.13. The minimum Gasteiger partial charge on any atom is -0.340 e. The molecule has 2 N–H and O–H groups in total. The highest BCUT2D eigenvalue weighted by Gasteiger charge is 2.52. The lowest BCUT2D eigenvalue weighted by atomic mass is 10.2. The zero-order valence-corrected chi connectivity index (χ0v) is 22.0. The van der Waals surface area contributed by atoms with Crippen LogP contribution >= 0.6 is 15.2 Å². The maximum Gasteiger partial charge on any atom is 0.347 e. The van der Waals surface area contributed by atoms with E-state index in [1.807, 2.05) is 24.3 Å². The Kier molecular flexibility index (Phi) is 10.5. The van der Waals surface area contributed by atoms with E-state index in [9.17, 15) is 13.9 Å². The average molecular weight is 516 g/mol. The molecule has 0 saturated carbocycles. The molecule has 0 aliphatic rings. The molecule has 1 heterocycles. The molecule has 1 amide bonds. The molecule has 0 aliphatic heterocycles. The summed E-state index contributed by atoms with van der Waals surface area (Å²) in [6.07, 6.45) is 1.08. The molecule has 1 aromatic heterocycles. The van der Waals surface area contributed by atoms with Crippen LogP contribution in [-0.4, -0.2) is 60.1 Å². The number of benzene rings is 1. The van der Waals surface area contributed by atoms with Gasteiger partial charge >= 0.3 is 15.2 Å². The monoisotopic (exact) mass is 516 g/mol. The van der Waals surface area contributed by atoms with E-state index in [0.29, 0.717) is 5.69 Å². The molecular formula is C21H34N4O7P2. The number of carbonyl (C=O) groups excluding carboxylic acids is 1. The third-order valence-corrected chi connectivity index (χ3v) is 10.9. The number of hydrogen-bond acceptors (Lipinski definition) is 9. The first kappa shape index (κ1) is 28.2. The van der Waals surface area contributed by atoms with Crippen LogP contribution < -0.4 is 5.84 Å². The molecule has 0 atom stereocenters. The Balaban J connectivity index is 2.59. The van der Waals surface area contributed by atoms with Crippen molar-refractivity contribution in [2.75, 3.05) is 33.0 Å². The second kappa shape index (κ2) is 12.6. The van der Waals surface area contributed by atoms with Crippen LogP contribution in [0, 0.1) is 0 Å². The van der Waals surface area contributed by atoms with Gasteiger partial charge in [-0.25, -0.2) is 0 Å². The van der Waals surface area contributed by atoms with Crippen LogP contribution in [0.3, 0.4) is 0 Å². The van der Waals surface area contributed by atoms with E-state index in [2.05, 4.69) is 5.10 Å². The largest absolute Gasteiger partial charge is 0.347 e. The van der Waals surface area contributed by atoms with Gasteiger partial charge in [0.05, 0.1) is 33.0 Å².